The lowest BCUT2D eigenvalue weighted by molar-refractivity contribution is 0.168. The van der Waals surface area contributed by atoms with Crippen LogP contribution in [0.4, 0.5) is 0 Å². The molecule has 20 heavy (non-hydrogen) atoms. The zero-order valence-corrected chi connectivity index (χ0v) is 12.7. The van der Waals surface area contributed by atoms with Crippen molar-refractivity contribution in [1.82, 2.24) is 5.32 Å². The van der Waals surface area contributed by atoms with Gasteiger partial charge in [0, 0.05) is 12.6 Å². The number of benzene rings is 1. The van der Waals surface area contributed by atoms with Crippen molar-refractivity contribution in [2.45, 2.75) is 64.0 Å². The van der Waals surface area contributed by atoms with Gasteiger partial charge in [0.2, 0.25) is 0 Å². The quantitative estimate of drug-likeness (QED) is 0.883. The molecule has 0 radical (unpaired) electrons. The molecule has 1 aromatic carbocycles. The first-order valence-corrected chi connectivity index (χ1v) is 8.16. The Morgan fingerprint density at radius 3 is 2.60 bits per heavy atom. The molecular formula is C18H27NO. The van der Waals surface area contributed by atoms with Gasteiger partial charge in [-0.25, -0.2) is 0 Å². The van der Waals surface area contributed by atoms with Crippen molar-refractivity contribution in [3.8, 4) is 5.75 Å². The van der Waals surface area contributed by atoms with Crippen molar-refractivity contribution in [2.75, 3.05) is 7.11 Å². The molecule has 0 saturated heterocycles. The third kappa shape index (κ3) is 3.17. The fourth-order valence-corrected chi connectivity index (χ4v) is 4.10. The average Bonchev–Trinajstić information content (AvgIpc) is 2.95. The van der Waals surface area contributed by atoms with Gasteiger partial charge in [-0.15, -0.1) is 0 Å². The number of nitrogens with one attached hydrogen (secondary N) is 1. The predicted octanol–water partition coefficient (Wildman–Crippen LogP) is 4.29. The molecule has 1 aromatic rings. The van der Waals surface area contributed by atoms with Gasteiger partial charge in [0.1, 0.15) is 5.75 Å². The Morgan fingerprint density at radius 1 is 1.15 bits per heavy atom. The molecule has 0 unspecified atom stereocenters. The molecule has 2 aliphatic rings. The zero-order chi connectivity index (χ0) is 13.8. The highest BCUT2D eigenvalue weighted by Crippen LogP contribution is 2.48. The Morgan fingerprint density at radius 2 is 1.90 bits per heavy atom. The molecule has 110 valence electrons. The van der Waals surface area contributed by atoms with E-state index in [1.807, 2.05) is 6.07 Å². The maximum absolute atomic E-state index is 5.28. The van der Waals surface area contributed by atoms with Crippen LogP contribution in [0.1, 0.15) is 56.9 Å². The van der Waals surface area contributed by atoms with Crippen molar-refractivity contribution >= 4 is 0 Å². The molecule has 2 fully saturated rings. The van der Waals surface area contributed by atoms with E-state index in [9.17, 15) is 0 Å². The van der Waals surface area contributed by atoms with Gasteiger partial charge in [-0.3, -0.25) is 0 Å². The summed E-state index contributed by atoms with van der Waals surface area (Å²) >= 11 is 0. The van der Waals surface area contributed by atoms with E-state index in [0.29, 0.717) is 6.04 Å². The number of ether oxygens (including phenoxy) is 1. The highest BCUT2D eigenvalue weighted by Gasteiger charge is 2.37. The smallest absolute Gasteiger partial charge is 0.119 e. The second-order valence-electron chi connectivity index (χ2n) is 6.71. The lowest BCUT2D eigenvalue weighted by atomic mass is 9.71. The SMILES string of the molecule is COc1cccc(CNC2CCC3(CCCC3)CC2)c1. The van der Waals surface area contributed by atoms with Crippen LogP contribution in [-0.2, 0) is 6.54 Å². The molecule has 2 heteroatoms. The van der Waals surface area contributed by atoms with Gasteiger partial charge < -0.3 is 10.1 Å². The second-order valence-corrected chi connectivity index (χ2v) is 6.71. The fraction of sp³-hybridized carbons (Fsp3) is 0.667. The van der Waals surface area contributed by atoms with E-state index in [1.165, 1.54) is 56.9 Å². The van der Waals surface area contributed by atoms with Crippen molar-refractivity contribution in [3.63, 3.8) is 0 Å². The van der Waals surface area contributed by atoms with E-state index in [2.05, 4.69) is 23.5 Å². The van der Waals surface area contributed by atoms with Crippen LogP contribution >= 0.6 is 0 Å². The Hall–Kier alpha value is -1.02. The van der Waals surface area contributed by atoms with Crippen LogP contribution in [0.5, 0.6) is 5.75 Å². The van der Waals surface area contributed by atoms with Gasteiger partial charge in [-0.05, 0) is 61.6 Å². The molecule has 1 N–H and O–H groups in total. The fourth-order valence-electron chi connectivity index (χ4n) is 4.10. The molecule has 2 saturated carbocycles. The number of hydrogen-bond acceptors (Lipinski definition) is 2. The van der Waals surface area contributed by atoms with Crippen LogP contribution in [0.15, 0.2) is 24.3 Å². The van der Waals surface area contributed by atoms with Crippen molar-refractivity contribution < 1.29 is 4.74 Å². The normalized spacial score (nSPS) is 22.2. The molecule has 0 aromatic heterocycles. The number of methoxy groups -OCH3 is 1. The van der Waals surface area contributed by atoms with Crippen LogP contribution in [0, 0.1) is 5.41 Å². The minimum atomic E-state index is 0.715. The summed E-state index contributed by atoms with van der Waals surface area (Å²) in [5, 5.41) is 3.74. The maximum Gasteiger partial charge on any atom is 0.119 e. The van der Waals surface area contributed by atoms with Crippen LogP contribution < -0.4 is 10.1 Å². The molecule has 0 aliphatic heterocycles. The summed E-state index contributed by atoms with van der Waals surface area (Å²) in [6.45, 7) is 0.967. The zero-order valence-electron chi connectivity index (χ0n) is 12.7. The highest BCUT2D eigenvalue weighted by molar-refractivity contribution is 5.28. The summed E-state index contributed by atoms with van der Waals surface area (Å²) < 4.78 is 5.28. The highest BCUT2D eigenvalue weighted by atomic mass is 16.5. The van der Waals surface area contributed by atoms with Gasteiger partial charge in [-0.2, -0.15) is 0 Å². The van der Waals surface area contributed by atoms with E-state index in [4.69, 9.17) is 4.74 Å². The lowest BCUT2D eigenvalue weighted by Gasteiger charge is -2.37. The van der Waals surface area contributed by atoms with E-state index < -0.39 is 0 Å². The van der Waals surface area contributed by atoms with Crippen LogP contribution in [-0.4, -0.2) is 13.2 Å². The molecule has 0 atom stereocenters. The Labute approximate surface area is 122 Å². The van der Waals surface area contributed by atoms with Gasteiger partial charge in [0.15, 0.2) is 0 Å². The van der Waals surface area contributed by atoms with Crippen LogP contribution in [0.2, 0.25) is 0 Å². The first-order valence-electron chi connectivity index (χ1n) is 8.16. The minimum absolute atomic E-state index is 0.715. The summed E-state index contributed by atoms with van der Waals surface area (Å²) in [7, 11) is 1.73. The van der Waals surface area contributed by atoms with E-state index in [0.717, 1.165) is 17.7 Å². The molecule has 0 amide bonds. The third-order valence-corrected chi connectivity index (χ3v) is 5.44. The molecule has 2 aliphatic carbocycles. The monoisotopic (exact) mass is 273 g/mol. The largest absolute Gasteiger partial charge is 0.497 e. The topological polar surface area (TPSA) is 21.3 Å². The molecule has 2 nitrogen and oxygen atoms in total. The summed E-state index contributed by atoms with van der Waals surface area (Å²) in [4.78, 5) is 0. The van der Waals surface area contributed by atoms with Gasteiger partial charge in [0.05, 0.1) is 7.11 Å². The van der Waals surface area contributed by atoms with Crippen LogP contribution in [0.25, 0.3) is 0 Å². The molecule has 0 heterocycles. The maximum atomic E-state index is 5.28. The third-order valence-electron chi connectivity index (χ3n) is 5.44. The van der Waals surface area contributed by atoms with E-state index >= 15 is 0 Å². The Kier molecular flexibility index (Phi) is 4.30. The number of hydrogen-bond donors (Lipinski definition) is 1. The first kappa shape index (κ1) is 13.9. The first-order chi connectivity index (χ1) is 9.80. The molecular weight excluding hydrogens is 246 g/mol. The Balaban J connectivity index is 1.47. The summed E-state index contributed by atoms with van der Waals surface area (Å²) in [5.74, 6) is 0.956. The van der Waals surface area contributed by atoms with Crippen molar-refractivity contribution in [3.05, 3.63) is 29.8 Å². The average molecular weight is 273 g/mol. The summed E-state index contributed by atoms with van der Waals surface area (Å²) in [5.41, 5.74) is 2.07. The van der Waals surface area contributed by atoms with Gasteiger partial charge in [0.25, 0.3) is 0 Å². The predicted molar refractivity (Wildman–Crippen MR) is 83.0 cm³/mol. The molecule has 0 bridgehead atoms. The lowest BCUT2D eigenvalue weighted by Crippen LogP contribution is -2.36. The number of rotatable bonds is 4. The van der Waals surface area contributed by atoms with E-state index in [1.54, 1.807) is 7.11 Å². The summed E-state index contributed by atoms with van der Waals surface area (Å²) in [6, 6.07) is 9.11. The van der Waals surface area contributed by atoms with Crippen LogP contribution in [0.3, 0.4) is 0 Å². The molecule has 3 rings (SSSR count). The Bertz CT molecular complexity index is 427. The molecule has 1 spiro atoms. The standard InChI is InChI=1S/C18H27NO/c1-20-17-6-4-5-15(13-17)14-19-16-7-11-18(12-8-16)9-2-3-10-18/h4-6,13,16,19H,2-3,7-12,14H2,1H3. The van der Waals surface area contributed by atoms with Crippen molar-refractivity contribution in [2.24, 2.45) is 5.41 Å². The van der Waals surface area contributed by atoms with Gasteiger partial charge >= 0.3 is 0 Å². The summed E-state index contributed by atoms with van der Waals surface area (Å²) in [6.07, 6.45) is 11.6. The van der Waals surface area contributed by atoms with Gasteiger partial charge in [-0.1, -0.05) is 25.0 Å². The van der Waals surface area contributed by atoms with Crippen molar-refractivity contribution in [1.29, 1.82) is 0 Å². The second kappa shape index (κ2) is 6.17. The minimum Gasteiger partial charge on any atom is -0.497 e. The van der Waals surface area contributed by atoms with E-state index in [-0.39, 0.29) is 0 Å².